The molecule has 0 amide bonds. The molecule has 1 aromatic carbocycles. The van der Waals surface area contributed by atoms with Gasteiger partial charge in [-0.15, -0.1) is 11.8 Å². The number of hydrogen-bond acceptors (Lipinski definition) is 4. The third kappa shape index (κ3) is 4.72. The van der Waals surface area contributed by atoms with E-state index in [1.165, 1.54) is 0 Å². The number of ether oxygens (including phenoxy) is 2. The first-order valence-corrected chi connectivity index (χ1v) is 6.78. The molecule has 0 saturated carbocycles. The van der Waals surface area contributed by atoms with Crippen LogP contribution >= 0.6 is 11.8 Å². The van der Waals surface area contributed by atoms with Gasteiger partial charge in [0.15, 0.2) is 6.61 Å². The van der Waals surface area contributed by atoms with Crippen LogP contribution in [0.4, 0.5) is 0 Å². The van der Waals surface area contributed by atoms with Gasteiger partial charge in [0, 0.05) is 0 Å². The first-order chi connectivity index (χ1) is 8.67. The molecule has 0 bridgehead atoms. The fourth-order valence-corrected chi connectivity index (χ4v) is 1.36. The molecule has 96 valence electrons. The number of carbonyl (C=O) groups is 1. The lowest BCUT2D eigenvalue weighted by molar-refractivity contribution is 0.0556. The van der Waals surface area contributed by atoms with Crippen molar-refractivity contribution in [2.24, 2.45) is 0 Å². The molecule has 0 radical (unpaired) electrons. The van der Waals surface area contributed by atoms with Crippen LogP contribution in [0, 0.1) is 11.8 Å². The molecule has 0 heterocycles. The van der Waals surface area contributed by atoms with Gasteiger partial charge >= 0.3 is 5.97 Å². The van der Waals surface area contributed by atoms with Gasteiger partial charge in [-0.2, -0.15) is 0 Å². The molecule has 0 aliphatic heterocycles. The van der Waals surface area contributed by atoms with E-state index in [1.807, 2.05) is 13.2 Å². The summed E-state index contributed by atoms with van der Waals surface area (Å²) in [7, 11) is 1.58. The van der Waals surface area contributed by atoms with E-state index in [4.69, 9.17) is 9.47 Å². The lowest BCUT2D eigenvalue weighted by Crippen LogP contribution is -2.05. The van der Waals surface area contributed by atoms with E-state index < -0.39 is 0 Å². The van der Waals surface area contributed by atoms with Crippen LogP contribution in [0.3, 0.4) is 0 Å². The lowest BCUT2D eigenvalue weighted by Gasteiger charge is -2.02. The second-order valence-electron chi connectivity index (χ2n) is 3.50. The number of thioether (sulfide) groups is 1. The summed E-state index contributed by atoms with van der Waals surface area (Å²) in [6, 6.07) is 6.77. The molecular weight excluding hydrogens is 248 g/mol. The smallest absolute Gasteiger partial charge is 0.339 e. The molecule has 3 nitrogen and oxygen atoms in total. The van der Waals surface area contributed by atoms with Crippen molar-refractivity contribution in [3.8, 4) is 17.6 Å². The predicted molar refractivity (Wildman–Crippen MR) is 74.0 cm³/mol. The fraction of sp³-hybridized carbons (Fsp3) is 0.357. The van der Waals surface area contributed by atoms with Crippen molar-refractivity contribution < 1.29 is 14.3 Å². The van der Waals surface area contributed by atoms with Crippen LogP contribution in [0.1, 0.15) is 17.3 Å². The van der Waals surface area contributed by atoms with Gasteiger partial charge in [0.05, 0.1) is 17.9 Å². The van der Waals surface area contributed by atoms with E-state index in [0.29, 0.717) is 11.3 Å². The largest absolute Gasteiger partial charge is 0.497 e. The molecule has 1 unspecified atom stereocenters. The third-order valence-corrected chi connectivity index (χ3v) is 3.08. The zero-order chi connectivity index (χ0) is 13.4. The third-order valence-electron chi connectivity index (χ3n) is 2.26. The Morgan fingerprint density at radius 2 is 2.06 bits per heavy atom. The minimum Gasteiger partial charge on any atom is -0.497 e. The SMILES string of the molecule is COc1ccc(C(=O)OCC#CC(C)SC)cc1. The second kappa shape index (κ2) is 7.67. The number of rotatable bonds is 4. The summed E-state index contributed by atoms with van der Waals surface area (Å²) in [6.07, 6.45) is 1.99. The molecule has 1 rings (SSSR count). The minimum atomic E-state index is -0.372. The highest BCUT2D eigenvalue weighted by Gasteiger charge is 2.05. The summed E-state index contributed by atoms with van der Waals surface area (Å²) in [4.78, 5) is 11.6. The van der Waals surface area contributed by atoms with E-state index >= 15 is 0 Å². The average molecular weight is 264 g/mol. The van der Waals surface area contributed by atoms with Crippen molar-refractivity contribution >= 4 is 17.7 Å². The van der Waals surface area contributed by atoms with Crippen molar-refractivity contribution in [1.82, 2.24) is 0 Å². The van der Waals surface area contributed by atoms with E-state index in [9.17, 15) is 4.79 Å². The molecule has 0 aliphatic carbocycles. The molecule has 18 heavy (non-hydrogen) atoms. The van der Waals surface area contributed by atoms with Crippen molar-refractivity contribution in [2.75, 3.05) is 20.0 Å². The highest BCUT2D eigenvalue weighted by molar-refractivity contribution is 7.99. The van der Waals surface area contributed by atoms with Crippen molar-refractivity contribution in [1.29, 1.82) is 0 Å². The first-order valence-electron chi connectivity index (χ1n) is 5.49. The Bertz CT molecular complexity index is 442. The predicted octanol–water partition coefficient (Wildman–Crippen LogP) is 2.61. The minimum absolute atomic E-state index is 0.121. The van der Waals surface area contributed by atoms with Crippen LogP contribution in [0.2, 0.25) is 0 Å². The number of hydrogen-bond donors (Lipinski definition) is 0. The Morgan fingerprint density at radius 1 is 1.39 bits per heavy atom. The molecule has 0 spiro atoms. The highest BCUT2D eigenvalue weighted by atomic mass is 32.2. The van der Waals surface area contributed by atoms with E-state index in [0.717, 1.165) is 0 Å². The van der Waals surface area contributed by atoms with E-state index in [2.05, 4.69) is 11.8 Å². The number of carbonyl (C=O) groups excluding carboxylic acids is 1. The molecule has 0 N–H and O–H groups in total. The van der Waals surface area contributed by atoms with Gasteiger partial charge in [0.25, 0.3) is 0 Å². The second-order valence-corrected chi connectivity index (χ2v) is 4.68. The normalized spacial score (nSPS) is 11.1. The Morgan fingerprint density at radius 3 is 2.61 bits per heavy atom. The maximum absolute atomic E-state index is 11.6. The van der Waals surface area contributed by atoms with Crippen LogP contribution < -0.4 is 4.74 Å². The van der Waals surface area contributed by atoms with Gasteiger partial charge in [0.2, 0.25) is 0 Å². The first kappa shape index (κ1) is 14.5. The van der Waals surface area contributed by atoms with Crippen molar-refractivity contribution in [3.63, 3.8) is 0 Å². The topological polar surface area (TPSA) is 35.5 Å². The molecular formula is C14H16O3S. The van der Waals surface area contributed by atoms with Crippen LogP contribution in [-0.4, -0.2) is 31.2 Å². The summed E-state index contributed by atoms with van der Waals surface area (Å²) in [6.45, 7) is 2.12. The summed E-state index contributed by atoms with van der Waals surface area (Å²) in [5.74, 6) is 6.13. The average Bonchev–Trinajstić information content (AvgIpc) is 2.43. The van der Waals surface area contributed by atoms with Gasteiger partial charge in [-0.1, -0.05) is 11.8 Å². The Hall–Kier alpha value is -1.60. The van der Waals surface area contributed by atoms with Crippen LogP contribution in [0.25, 0.3) is 0 Å². The number of methoxy groups -OCH3 is 1. The standard InChI is InChI=1S/C14H16O3S/c1-11(18-3)5-4-10-17-14(15)12-6-8-13(16-2)9-7-12/h6-9,11H,10H2,1-3H3. The summed E-state index contributed by atoms with van der Waals surface area (Å²) in [5.41, 5.74) is 0.496. The molecule has 0 saturated heterocycles. The Labute approximate surface area is 112 Å². The lowest BCUT2D eigenvalue weighted by atomic mass is 10.2. The van der Waals surface area contributed by atoms with Crippen molar-refractivity contribution in [2.45, 2.75) is 12.2 Å². The van der Waals surface area contributed by atoms with Crippen molar-refractivity contribution in [3.05, 3.63) is 29.8 Å². The van der Waals surface area contributed by atoms with Gasteiger partial charge in [-0.05, 0) is 37.4 Å². The summed E-state index contributed by atoms with van der Waals surface area (Å²) in [5, 5.41) is 0.254. The highest BCUT2D eigenvalue weighted by Crippen LogP contribution is 2.11. The maximum Gasteiger partial charge on any atom is 0.339 e. The molecule has 0 aliphatic rings. The van der Waals surface area contributed by atoms with Gasteiger partial charge in [0.1, 0.15) is 5.75 Å². The van der Waals surface area contributed by atoms with E-state index in [1.54, 1.807) is 43.1 Å². The van der Waals surface area contributed by atoms with Gasteiger partial charge < -0.3 is 9.47 Å². The summed E-state index contributed by atoms with van der Waals surface area (Å²) < 4.78 is 10.0. The molecule has 4 heteroatoms. The molecule has 1 atom stereocenters. The van der Waals surface area contributed by atoms with Crippen LogP contribution in [0.5, 0.6) is 5.75 Å². The number of esters is 1. The molecule has 1 aromatic rings. The Balaban J connectivity index is 2.46. The quantitative estimate of drug-likeness (QED) is 0.618. The van der Waals surface area contributed by atoms with Gasteiger partial charge in [-0.3, -0.25) is 0 Å². The number of benzene rings is 1. The van der Waals surface area contributed by atoms with E-state index in [-0.39, 0.29) is 17.8 Å². The zero-order valence-corrected chi connectivity index (χ0v) is 11.5. The summed E-state index contributed by atoms with van der Waals surface area (Å²) >= 11 is 1.66. The monoisotopic (exact) mass is 264 g/mol. The fourth-order valence-electron chi connectivity index (χ4n) is 1.16. The Kier molecular flexibility index (Phi) is 6.16. The molecule has 0 fully saturated rings. The van der Waals surface area contributed by atoms with Gasteiger partial charge in [-0.25, -0.2) is 4.79 Å². The zero-order valence-electron chi connectivity index (χ0n) is 10.7. The van der Waals surface area contributed by atoms with Crippen LogP contribution in [-0.2, 0) is 4.74 Å². The molecule has 0 aromatic heterocycles. The maximum atomic E-state index is 11.6. The van der Waals surface area contributed by atoms with Crippen LogP contribution in [0.15, 0.2) is 24.3 Å².